The van der Waals surface area contributed by atoms with E-state index in [4.69, 9.17) is 5.11 Å². The van der Waals surface area contributed by atoms with Gasteiger partial charge in [0.1, 0.15) is 5.82 Å². The fourth-order valence-corrected chi connectivity index (χ4v) is 1.04. The Morgan fingerprint density at radius 2 is 2.00 bits per heavy atom. The number of halogens is 2. The Balaban J connectivity index is 3.05. The Hall–Kier alpha value is -1.16. The van der Waals surface area contributed by atoms with E-state index in [0.29, 0.717) is 0 Å². The molecule has 0 bridgehead atoms. The molecule has 0 heterocycles. The molecule has 1 rings (SSSR count). The summed E-state index contributed by atoms with van der Waals surface area (Å²) in [5.41, 5.74) is 0.154. The highest BCUT2D eigenvalue weighted by molar-refractivity contribution is 5.30. The van der Waals surface area contributed by atoms with Crippen molar-refractivity contribution >= 4 is 0 Å². The van der Waals surface area contributed by atoms with Crippen LogP contribution in [0.25, 0.3) is 0 Å². The minimum Gasteiger partial charge on any atom is -0.494 e. The van der Waals surface area contributed by atoms with E-state index >= 15 is 0 Å². The van der Waals surface area contributed by atoms with Crippen molar-refractivity contribution in [2.45, 2.75) is 6.42 Å². The molecule has 0 fully saturated rings. The average molecular weight is 188 g/mol. The van der Waals surface area contributed by atoms with E-state index in [-0.39, 0.29) is 24.3 Å². The molecule has 0 radical (unpaired) electrons. The van der Waals surface area contributed by atoms with Crippen LogP contribution in [0.5, 0.6) is 5.75 Å². The van der Waals surface area contributed by atoms with Crippen LogP contribution < -0.4 is 4.74 Å². The number of aliphatic hydroxyl groups is 1. The van der Waals surface area contributed by atoms with Crippen molar-refractivity contribution < 1.29 is 18.6 Å². The Morgan fingerprint density at radius 1 is 1.31 bits per heavy atom. The molecule has 2 nitrogen and oxygen atoms in total. The van der Waals surface area contributed by atoms with Crippen LogP contribution in [0.1, 0.15) is 5.56 Å². The summed E-state index contributed by atoms with van der Waals surface area (Å²) >= 11 is 0. The summed E-state index contributed by atoms with van der Waals surface area (Å²) in [6.07, 6.45) is 0.104. The van der Waals surface area contributed by atoms with Crippen LogP contribution >= 0.6 is 0 Å². The number of rotatable bonds is 3. The lowest BCUT2D eigenvalue weighted by Gasteiger charge is -2.05. The molecule has 1 aromatic rings. The fraction of sp³-hybridized carbons (Fsp3) is 0.333. The van der Waals surface area contributed by atoms with Crippen LogP contribution in [-0.2, 0) is 6.42 Å². The van der Waals surface area contributed by atoms with Gasteiger partial charge in [-0.05, 0) is 18.1 Å². The second kappa shape index (κ2) is 4.18. The van der Waals surface area contributed by atoms with Gasteiger partial charge in [-0.2, -0.15) is 0 Å². The van der Waals surface area contributed by atoms with Crippen molar-refractivity contribution in [2.24, 2.45) is 0 Å². The second-order valence-electron chi connectivity index (χ2n) is 2.55. The van der Waals surface area contributed by atoms with E-state index in [1.165, 1.54) is 7.11 Å². The Kier molecular flexibility index (Phi) is 3.19. The molecule has 0 aliphatic rings. The van der Waals surface area contributed by atoms with Gasteiger partial charge in [0.2, 0.25) is 0 Å². The van der Waals surface area contributed by atoms with Gasteiger partial charge in [-0.1, -0.05) is 0 Å². The third-order valence-electron chi connectivity index (χ3n) is 1.70. The normalized spacial score (nSPS) is 10.2. The van der Waals surface area contributed by atoms with E-state index in [0.717, 1.165) is 12.1 Å². The van der Waals surface area contributed by atoms with Crippen LogP contribution in [0.3, 0.4) is 0 Å². The Bertz CT molecular complexity index is 300. The van der Waals surface area contributed by atoms with E-state index in [1.807, 2.05) is 0 Å². The van der Waals surface area contributed by atoms with E-state index < -0.39 is 11.6 Å². The number of hydrogen-bond acceptors (Lipinski definition) is 2. The molecule has 72 valence electrons. The van der Waals surface area contributed by atoms with Crippen molar-refractivity contribution in [3.8, 4) is 5.75 Å². The zero-order chi connectivity index (χ0) is 9.84. The van der Waals surface area contributed by atoms with Gasteiger partial charge in [-0.25, -0.2) is 8.78 Å². The monoisotopic (exact) mass is 188 g/mol. The minimum atomic E-state index is -0.618. The maximum Gasteiger partial charge on any atom is 0.165 e. The number of ether oxygens (including phenoxy) is 1. The van der Waals surface area contributed by atoms with Gasteiger partial charge in [0.05, 0.1) is 7.11 Å². The number of methoxy groups -OCH3 is 1. The minimum absolute atomic E-state index is 0.104. The molecule has 4 heteroatoms. The summed E-state index contributed by atoms with van der Waals surface area (Å²) in [5, 5.41) is 8.54. The number of aliphatic hydroxyl groups excluding tert-OH is 1. The molecule has 1 aromatic carbocycles. The van der Waals surface area contributed by atoms with E-state index in [2.05, 4.69) is 4.74 Å². The Morgan fingerprint density at radius 3 is 2.54 bits per heavy atom. The van der Waals surface area contributed by atoms with E-state index in [9.17, 15) is 8.78 Å². The lowest BCUT2D eigenvalue weighted by atomic mass is 10.1. The molecule has 1 N–H and O–H groups in total. The first kappa shape index (κ1) is 9.92. The first-order valence-electron chi connectivity index (χ1n) is 3.81. The molecule has 0 saturated heterocycles. The van der Waals surface area contributed by atoms with E-state index in [1.54, 1.807) is 0 Å². The molecule has 0 atom stereocenters. The summed E-state index contributed by atoms with van der Waals surface area (Å²) in [6, 6.07) is 2.00. The average Bonchev–Trinajstić information content (AvgIpc) is 2.11. The first-order valence-corrected chi connectivity index (χ1v) is 3.81. The summed E-state index contributed by atoms with van der Waals surface area (Å²) < 4.78 is 30.6. The third kappa shape index (κ3) is 2.15. The molecule has 0 aliphatic carbocycles. The Labute approximate surface area is 74.8 Å². The summed E-state index contributed by atoms with van der Waals surface area (Å²) in [5.74, 6) is -1.31. The van der Waals surface area contributed by atoms with Gasteiger partial charge in [0, 0.05) is 12.7 Å². The summed E-state index contributed by atoms with van der Waals surface area (Å²) in [6.45, 7) is -0.206. The molecule has 0 aromatic heterocycles. The van der Waals surface area contributed by atoms with Crippen LogP contribution in [-0.4, -0.2) is 18.8 Å². The molecule has 0 aliphatic heterocycles. The van der Waals surface area contributed by atoms with Gasteiger partial charge >= 0.3 is 0 Å². The topological polar surface area (TPSA) is 29.5 Å². The van der Waals surface area contributed by atoms with Crippen LogP contribution in [0.4, 0.5) is 8.78 Å². The quantitative estimate of drug-likeness (QED) is 0.779. The van der Waals surface area contributed by atoms with Crippen molar-refractivity contribution in [1.29, 1.82) is 0 Å². The lowest BCUT2D eigenvalue weighted by molar-refractivity contribution is 0.297. The summed E-state index contributed by atoms with van der Waals surface area (Å²) in [7, 11) is 1.27. The van der Waals surface area contributed by atoms with Crippen molar-refractivity contribution in [2.75, 3.05) is 13.7 Å². The third-order valence-corrected chi connectivity index (χ3v) is 1.70. The maximum atomic E-state index is 13.0. The predicted octanol–water partition coefficient (Wildman–Crippen LogP) is 1.51. The SMILES string of the molecule is COc1cc(F)c(CCO)cc1F. The number of benzene rings is 1. The van der Waals surface area contributed by atoms with Crippen LogP contribution in [0, 0.1) is 11.6 Å². The molecular formula is C9H10F2O2. The highest BCUT2D eigenvalue weighted by Crippen LogP contribution is 2.21. The van der Waals surface area contributed by atoms with Crippen LogP contribution in [0.2, 0.25) is 0 Å². The molecular weight excluding hydrogens is 178 g/mol. The van der Waals surface area contributed by atoms with Gasteiger partial charge < -0.3 is 9.84 Å². The highest BCUT2D eigenvalue weighted by atomic mass is 19.1. The van der Waals surface area contributed by atoms with Crippen molar-refractivity contribution in [1.82, 2.24) is 0 Å². The fourth-order valence-electron chi connectivity index (χ4n) is 1.04. The standard InChI is InChI=1S/C9H10F2O2/c1-13-9-5-7(10)6(2-3-12)4-8(9)11/h4-5,12H,2-3H2,1H3. The molecule has 0 unspecified atom stereocenters. The van der Waals surface area contributed by atoms with Crippen molar-refractivity contribution in [3.63, 3.8) is 0 Å². The van der Waals surface area contributed by atoms with Crippen molar-refractivity contribution in [3.05, 3.63) is 29.3 Å². The van der Waals surface area contributed by atoms with Gasteiger partial charge in [-0.15, -0.1) is 0 Å². The lowest BCUT2D eigenvalue weighted by Crippen LogP contribution is -1.98. The van der Waals surface area contributed by atoms with Gasteiger partial charge in [0.15, 0.2) is 11.6 Å². The smallest absolute Gasteiger partial charge is 0.165 e. The second-order valence-corrected chi connectivity index (χ2v) is 2.55. The zero-order valence-electron chi connectivity index (χ0n) is 7.18. The predicted molar refractivity (Wildman–Crippen MR) is 43.7 cm³/mol. The van der Waals surface area contributed by atoms with Crippen LogP contribution in [0.15, 0.2) is 12.1 Å². The summed E-state index contributed by atoms with van der Waals surface area (Å²) in [4.78, 5) is 0. The maximum absolute atomic E-state index is 13.0. The van der Waals surface area contributed by atoms with Gasteiger partial charge in [0.25, 0.3) is 0 Å². The molecule has 0 spiro atoms. The molecule has 0 amide bonds. The van der Waals surface area contributed by atoms with Gasteiger partial charge in [-0.3, -0.25) is 0 Å². The largest absolute Gasteiger partial charge is 0.494 e. The molecule has 13 heavy (non-hydrogen) atoms. The molecule has 0 saturated carbocycles. The number of hydrogen-bond donors (Lipinski definition) is 1. The first-order chi connectivity index (χ1) is 6.19. The highest BCUT2D eigenvalue weighted by Gasteiger charge is 2.09. The zero-order valence-corrected chi connectivity index (χ0v) is 7.18.